The Morgan fingerprint density at radius 3 is 1.42 bits per heavy atom. The van der Waals surface area contributed by atoms with Crippen molar-refractivity contribution in [2.24, 2.45) is 10.2 Å². The number of nitrogens with one attached hydrogen (secondary N) is 2. The molecule has 3 aromatic heterocycles. The number of carbonyl (C=O) groups is 2. The zero-order chi connectivity index (χ0) is 34.1. The second-order valence-electron chi connectivity index (χ2n) is 11.7. The van der Waals surface area contributed by atoms with Crippen LogP contribution in [0.15, 0.2) is 162 Å². The number of pyridine rings is 3. The van der Waals surface area contributed by atoms with E-state index < -0.39 is 11.8 Å². The summed E-state index contributed by atoms with van der Waals surface area (Å²) in [7, 11) is 0. The molecule has 258 valence electrons. The fourth-order valence-electron chi connectivity index (χ4n) is 5.73. The number of hydrogen-bond acceptors (Lipinski definition) is 5. The van der Waals surface area contributed by atoms with Crippen molar-refractivity contribution in [1.82, 2.24) is 15.8 Å². The van der Waals surface area contributed by atoms with Gasteiger partial charge in [-0.15, -0.1) is 0 Å². The van der Waals surface area contributed by atoms with Gasteiger partial charge in [-0.3, -0.25) is 9.59 Å². The van der Waals surface area contributed by atoms with Crippen LogP contribution in [0.4, 0.5) is 0 Å². The van der Waals surface area contributed by atoms with E-state index in [9.17, 15) is 9.59 Å². The quantitative estimate of drug-likeness (QED) is 0.112. The minimum atomic E-state index is -0.540. The van der Waals surface area contributed by atoms with Crippen LogP contribution in [0.3, 0.4) is 0 Å². The Bertz CT molecular complexity index is 2220. The van der Waals surface area contributed by atoms with Gasteiger partial charge >= 0.3 is 0 Å². The van der Waals surface area contributed by atoms with Crippen molar-refractivity contribution in [3.63, 3.8) is 0 Å². The molecule has 0 saturated heterocycles. The van der Waals surface area contributed by atoms with Crippen LogP contribution < -0.4 is 53.9 Å². The predicted octanol–water partition coefficient (Wildman–Crippen LogP) is -0.405. The molecule has 3 heterocycles. The van der Waals surface area contributed by atoms with Gasteiger partial charge in [0, 0.05) is 46.2 Å². The molecule has 11 heteroatoms. The van der Waals surface area contributed by atoms with E-state index in [0.29, 0.717) is 0 Å². The molecule has 7 rings (SSSR count). The van der Waals surface area contributed by atoms with Crippen molar-refractivity contribution in [3.8, 4) is 0 Å². The summed E-state index contributed by atoms with van der Waals surface area (Å²) in [4.78, 5) is 29.9. The molecule has 0 fully saturated rings. The SMILES string of the molecule is O=C(N/N=C/c1ccc2c(ccc[n+]2Cc2ccccc2)c1)c1cccc(C(=O)N/N=C/c2ccc3c(ccc[n+]3Cc3ccccc3)c2)n1.[Br-].[Br-]. The number of amides is 2. The Balaban J connectivity index is 0.00000261. The molecule has 0 aliphatic carbocycles. The highest BCUT2D eigenvalue weighted by Gasteiger charge is 2.13. The van der Waals surface area contributed by atoms with E-state index in [1.807, 2.05) is 97.1 Å². The highest BCUT2D eigenvalue weighted by Crippen LogP contribution is 2.14. The van der Waals surface area contributed by atoms with E-state index in [4.69, 9.17) is 0 Å². The molecule has 0 saturated carbocycles. The van der Waals surface area contributed by atoms with E-state index in [0.717, 1.165) is 46.0 Å². The maximum atomic E-state index is 12.8. The third-order valence-corrected chi connectivity index (χ3v) is 8.17. The fraction of sp³-hybridized carbons (Fsp3) is 0.0488. The van der Waals surface area contributed by atoms with E-state index >= 15 is 0 Å². The zero-order valence-electron chi connectivity index (χ0n) is 27.8. The number of hydrazone groups is 2. The van der Waals surface area contributed by atoms with Gasteiger partial charge in [-0.1, -0.05) is 66.7 Å². The predicted molar refractivity (Wildman–Crippen MR) is 194 cm³/mol. The van der Waals surface area contributed by atoms with Gasteiger partial charge in [-0.05, 0) is 59.7 Å². The largest absolute Gasteiger partial charge is 1.00 e. The Labute approximate surface area is 321 Å². The molecule has 7 aromatic rings. The second kappa shape index (κ2) is 17.8. The molecule has 52 heavy (non-hydrogen) atoms. The topological polar surface area (TPSA) is 104 Å². The summed E-state index contributed by atoms with van der Waals surface area (Å²) in [5.74, 6) is -1.08. The summed E-state index contributed by atoms with van der Waals surface area (Å²) in [5, 5.41) is 10.3. The molecule has 0 bridgehead atoms. The van der Waals surface area contributed by atoms with Gasteiger partial charge in [0.15, 0.2) is 25.5 Å². The van der Waals surface area contributed by atoms with Crippen LogP contribution in [-0.4, -0.2) is 29.2 Å². The van der Waals surface area contributed by atoms with Crippen molar-refractivity contribution in [1.29, 1.82) is 0 Å². The number of hydrogen-bond donors (Lipinski definition) is 2. The first-order valence-corrected chi connectivity index (χ1v) is 16.2. The summed E-state index contributed by atoms with van der Waals surface area (Å²) in [5.41, 5.74) is 11.4. The standard InChI is InChI=1S/C41H31N7O2.2BrH/c49-40(45-42-26-32-18-20-38-34(24-32)14-8-22-47(38)28-30-10-3-1-4-11-30)36-16-7-17-37(44-36)41(50)46-43-27-33-19-21-39-35(25-33)15-9-23-48(39)29-31-12-5-2-6-13-31;;/h1-27H,28-29H2;2*1H/b42-26+,43-27+;;. The monoisotopic (exact) mass is 813 g/mol. The molecular formula is C41H33Br2N7O2. The number of rotatable bonds is 10. The first kappa shape index (κ1) is 37.3. The van der Waals surface area contributed by atoms with Gasteiger partial charge < -0.3 is 34.0 Å². The van der Waals surface area contributed by atoms with E-state index in [1.54, 1.807) is 18.5 Å². The lowest BCUT2D eigenvalue weighted by molar-refractivity contribution is -0.662. The second-order valence-corrected chi connectivity index (χ2v) is 11.7. The average Bonchev–Trinajstić information content (AvgIpc) is 3.16. The van der Waals surface area contributed by atoms with Gasteiger partial charge in [0.1, 0.15) is 11.4 Å². The minimum Gasteiger partial charge on any atom is -1.00 e. The van der Waals surface area contributed by atoms with Crippen molar-refractivity contribution in [2.75, 3.05) is 0 Å². The van der Waals surface area contributed by atoms with Crippen LogP contribution in [0.5, 0.6) is 0 Å². The number of benzene rings is 4. The summed E-state index contributed by atoms with van der Waals surface area (Å²) in [6.45, 7) is 1.52. The molecule has 0 radical (unpaired) electrons. The summed E-state index contributed by atoms with van der Waals surface area (Å²) in [6, 6.07) is 45.3. The molecule has 2 amide bonds. The highest BCUT2D eigenvalue weighted by atomic mass is 79.9. The molecule has 0 aliphatic heterocycles. The van der Waals surface area contributed by atoms with Gasteiger partial charge in [0.25, 0.3) is 11.8 Å². The van der Waals surface area contributed by atoms with E-state index in [2.05, 4.69) is 71.8 Å². The summed E-state index contributed by atoms with van der Waals surface area (Å²) in [6.07, 6.45) is 7.27. The fourth-order valence-corrected chi connectivity index (χ4v) is 5.73. The van der Waals surface area contributed by atoms with Crippen molar-refractivity contribution in [2.45, 2.75) is 13.1 Å². The molecule has 2 N–H and O–H groups in total. The molecule has 9 nitrogen and oxygen atoms in total. The van der Waals surface area contributed by atoms with Crippen molar-refractivity contribution >= 4 is 46.0 Å². The minimum absolute atomic E-state index is 0. The normalized spacial score (nSPS) is 10.9. The van der Waals surface area contributed by atoms with E-state index in [1.165, 1.54) is 23.3 Å². The lowest BCUT2D eigenvalue weighted by Crippen LogP contribution is -3.00. The molecule has 0 unspecified atom stereocenters. The van der Waals surface area contributed by atoms with Gasteiger partial charge in [-0.2, -0.15) is 19.3 Å². The third kappa shape index (κ3) is 9.25. The number of carbonyl (C=O) groups excluding carboxylic acids is 2. The molecular weight excluding hydrogens is 782 g/mol. The van der Waals surface area contributed by atoms with Crippen molar-refractivity contribution in [3.05, 3.63) is 186 Å². The van der Waals surface area contributed by atoms with Gasteiger partial charge in [-0.25, -0.2) is 15.8 Å². The molecule has 0 aliphatic rings. The van der Waals surface area contributed by atoms with Crippen LogP contribution >= 0.6 is 0 Å². The highest BCUT2D eigenvalue weighted by molar-refractivity contribution is 5.97. The number of aromatic nitrogens is 3. The third-order valence-electron chi connectivity index (χ3n) is 8.17. The molecule has 4 aromatic carbocycles. The lowest BCUT2D eigenvalue weighted by Gasteiger charge is -2.04. The lowest BCUT2D eigenvalue weighted by atomic mass is 10.1. The number of nitrogens with zero attached hydrogens (tertiary/aromatic N) is 5. The van der Waals surface area contributed by atoms with Crippen LogP contribution in [0, 0.1) is 0 Å². The smallest absolute Gasteiger partial charge is 0.289 e. The Morgan fingerprint density at radius 1 is 0.538 bits per heavy atom. The first-order valence-electron chi connectivity index (χ1n) is 16.2. The number of fused-ring (bicyclic) bond motifs is 2. The first-order chi connectivity index (χ1) is 24.6. The van der Waals surface area contributed by atoms with Crippen LogP contribution in [-0.2, 0) is 13.1 Å². The maximum absolute atomic E-state index is 12.8. The molecule has 0 spiro atoms. The molecule has 0 atom stereocenters. The summed E-state index contributed by atoms with van der Waals surface area (Å²) < 4.78 is 4.39. The Kier molecular flexibility index (Phi) is 12.8. The summed E-state index contributed by atoms with van der Waals surface area (Å²) >= 11 is 0. The Hall–Kier alpha value is -5.91. The van der Waals surface area contributed by atoms with Crippen molar-refractivity contribution < 1.29 is 52.7 Å². The van der Waals surface area contributed by atoms with E-state index in [-0.39, 0.29) is 45.4 Å². The number of halogens is 2. The maximum Gasteiger partial charge on any atom is 0.289 e. The average molecular weight is 816 g/mol. The van der Waals surface area contributed by atoms with Crippen LogP contribution in [0.25, 0.3) is 21.8 Å². The Morgan fingerprint density at radius 2 is 0.981 bits per heavy atom. The van der Waals surface area contributed by atoms with Crippen LogP contribution in [0.2, 0.25) is 0 Å². The zero-order valence-corrected chi connectivity index (χ0v) is 31.0. The van der Waals surface area contributed by atoms with Crippen LogP contribution in [0.1, 0.15) is 43.2 Å². The van der Waals surface area contributed by atoms with Gasteiger partial charge in [0.05, 0.1) is 12.4 Å². The van der Waals surface area contributed by atoms with Gasteiger partial charge in [0.2, 0.25) is 11.0 Å².